The molecule has 0 aromatic heterocycles. The number of anilines is 1. The minimum absolute atomic E-state index is 0.000556. The summed E-state index contributed by atoms with van der Waals surface area (Å²) in [7, 11) is 0. The third-order valence-corrected chi connectivity index (χ3v) is 2.90. The Hall–Kier alpha value is -1.95. The first-order valence-corrected chi connectivity index (χ1v) is 5.62. The Morgan fingerprint density at radius 2 is 2.22 bits per heavy atom. The first-order valence-electron chi connectivity index (χ1n) is 5.62. The van der Waals surface area contributed by atoms with Crippen LogP contribution in [0.15, 0.2) is 18.2 Å². The van der Waals surface area contributed by atoms with Gasteiger partial charge in [-0.1, -0.05) is 0 Å². The van der Waals surface area contributed by atoms with Crippen LogP contribution >= 0.6 is 0 Å². The van der Waals surface area contributed by atoms with Gasteiger partial charge >= 0.3 is 5.97 Å². The Bertz CT molecular complexity index is 484. The Labute approximate surface area is 103 Å². The molecule has 1 saturated heterocycles. The van der Waals surface area contributed by atoms with Crippen LogP contribution in [0, 0.1) is 11.7 Å². The van der Waals surface area contributed by atoms with Crippen LogP contribution in [0.25, 0.3) is 0 Å². The predicted molar refractivity (Wildman–Crippen MR) is 63.0 cm³/mol. The topological polar surface area (TPSA) is 78.4 Å². The van der Waals surface area contributed by atoms with Crippen LogP contribution in [-0.2, 0) is 4.79 Å². The van der Waals surface area contributed by atoms with E-state index in [0.717, 1.165) is 24.7 Å². The number of amides is 1. The quantitative estimate of drug-likeness (QED) is 0.752. The van der Waals surface area contributed by atoms with Crippen molar-refractivity contribution < 1.29 is 19.1 Å². The first kappa shape index (κ1) is 12.5. The van der Waals surface area contributed by atoms with E-state index in [-0.39, 0.29) is 23.1 Å². The molecule has 2 rings (SSSR count). The number of carbonyl (C=O) groups excluding carboxylic acids is 1. The highest BCUT2D eigenvalue weighted by molar-refractivity contribution is 6.01. The molecule has 0 radical (unpaired) electrons. The van der Waals surface area contributed by atoms with Gasteiger partial charge in [0.1, 0.15) is 5.82 Å². The van der Waals surface area contributed by atoms with Crippen LogP contribution in [0.4, 0.5) is 10.1 Å². The smallest absolute Gasteiger partial charge is 0.337 e. The maximum atomic E-state index is 13.1. The van der Waals surface area contributed by atoms with E-state index in [1.807, 2.05) is 0 Å². The molecular weight excluding hydrogens is 239 g/mol. The minimum atomic E-state index is -1.20. The summed E-state index contributed by atoms with van der Waals surface area (Å²) in [6, 6.07) is 3.21. The number of hydrogen-bond donors (Lipinski definition) is 3. The SMILES string of the molecule is O=C(O)c1ccc(F)cc1NC(=O)C1CCNC1. The van der Waals surface area contributed by atoms with Crippen molar-refractivity contribution in [3.63, 3.8) is 0 Å². The molecule has 0 aliphatic carbocycles. The van der Waals surface area contributed by atoms with Crippen molar-refractivity contribution in [2.24, 2.45) is 5.92 Å². The Balaban J connectivity index is 2.19. The molecule has 1 unspecified atom stereocenters. The van der Waals surface area contributed by atoms with Gasteiger partial charge in [0.25, 0.3) is 0 Å². The molecule has 0 bridgehead atoms. The monoisotopic (exact) mass is 252 g/mol. The lowest BCUT2D eigenvalue weighted by Crippen LogP contribution is -2.25. The van der Waals surface area contributed by atoms with Crippen LogP contribution < -0.4 is 10.6 Å². The third kappa shape index (κ3) is 2.65. The van der Waals surface area contributed by atoms with E-state index in [2.05, 4.69) is 10.6 Å². The number of rotatable bonds is 3. The highest BCUT2D eigenvalue weighted by Crippen LogP contribution is 2.19. The van der Waals surface area contributed by atoms with Crippen molar-refractivity contribution in [1.82, 2.24) is 5.32 Å². The molecule has 0 spiro atoms. The highest BCUT2D eigenvalue weighted by atomic mass is 19.1. The van der Waals surface area contributed by atoms with Crippen molar-refractivity contribution in [2.45, 2.75) is 6.42 Å². The molecule has 1 aliphatic heterocycles. The second-order valence-corrected chi connectivity index (χ2v) is 4.17. The van der Waals surface area contributed by atoms with Crippen molar-refractivity contribution in [2.75, 3.05) is 18.4 Å². The number of hydrogen-bond acceptors (Lipinski definition) is 3. The molecule has 0 saturated carbocycles. The average molecular weight is 252 g/mol. The van der Waals surface area contributed by atoms with E-state index in [4.69, 9.17) is 5.11 Å². The number of benzene rings is 1. The Kier molecular flexibility index (Phi) is 3.57. The second-order valence-electron chi connectivity index (χ2n) is 4.17. The molecule has 1 fully saturated rings. The molecule has 1 heterocycles. The summed E-state index contributed by atoms with van der Waals surface area (Å²) in [5.41, 5.74) is -0.116. The maximum Gasteiger partial charge on any atom is 0.337 e. The van der Waals surface area contributed by atoms with Crippen molar-refractivity contribution >= 4 is 17.6 Å². The van der Waals surface area contributed by atoms with Crippen molar-refractivity contribution in [3.8, 4) is 0 Å². The van der Waals surface area contributed by atoms with Gasteiger partial charge in [-0.05, 0) is 31.2 Å². The summed E-state index contributed by atoms with van der Waals surface area (Å²) in [6.45, 7) is 1.32. The fraction of sp³-hybridized carbons (Fsp3) is 0.333. The molecule has 1 aromatic carbocycles. The van der Waals surface area contributed by atoms with Crippen LogP contribution in [0.1, 0.15) is 16.8 Å². The van der Waals surface area contributed by atoms with Gasteiger partial charge in [0, 0.05) is 6.54 Å². The van der Waals surface area contributed by atoms with Gasteiger partial charge in [-0.3, -0.25) is 4.79 Å². The van der Waals surface area contributed by atoms with Gasteiger partial charge < -0.3 is 15.7 Å². The van der Waals surface area contributed by atoms with Crippen molar-refractivity contribution in [3.05, 3.63) is 29.6 Å². The molecular formula is C12H13FN2O3. The van der Waals surface area contributed by atoms with Gasteiger partial charge in [0.2, 0.25) is 5.91 Å². The molecule has 1 aromatic rings. The Morgan fingerprint density at radius 3 is 2.83 bits per heavy atom. The van der Waals surface area contributed by atoms with Crippen LogP contribution in [-0.4, -0.2) is 30.1 Å². The maximum absolute atomic E-state index is 13.1. The molecule has 1 aliphatic rings. The summed E-state index contributed by atoms with van der Waals surface area (Å²) in [4.78, 5) is 22.8. The average Bonchev–Trinajstić information content (AvgIpc) is 2.81. The van der Waals surface area contributed by atoms with Gasteiger partial charge in [-0.2, -0.15) is 0 Å². The normalized spacial score (nSPS) is 18.6. The highest BCUT2D eigenvalue weighted by Gasteiger charge is 2.23. The fourth-order valence-corrected chi connectivity index (χ4v) is 1.92. The minimum Gasteiger partial charge on any atom is -0.478 e. The van der Waals surface area contributed by atoms with Crippen LogP contribution in [0.3, 0.4) is 0 Å². The zero-order valence-electron chi connectivity index (χ0n) is 9.57. The number of carboxylic acids is 1. The number of carbonyl (C=O) groups is 2. The van der Waals surface area contributed by atoms with Gasteiger partial charge in [-0.25, -0.2) is 9.18 Å². The number of nitrogens with one attached hydrogen (secondary N) is 2. The van der Waals surface area contributed by atoms with Gasteiger partial charge in [0.15, 0.2) is 0 Å². The molecule has 1 amide bonds. The molecule has 6 heteroatoms. The summed E-state index contributed by atoms with van der Waals surface area (Å²) in [6.07, 6.45) is 0.698. The van der Waals surface area contributed by atoms with Gasteiger partial charge in [-0.15, -0.1) is 0 Å². The Morgan fingerprint density at radius 1 is 1.44 bits per heavy atom. The van der Waals surface area contributed by atoms with E-state index in [1.165, 1.54) is 0 Å². The largest absolute Gasteiger partial charge is 0.478 e. The number of halogens is 1. The standard InChI is InChI=1S/C12H13FN2O3/c13-8-1-2-9(12(17)18)10(5-8)15-11(16)7-3-4-14-6-7/h1-2,5,7,14H,3-4,6H2,(H,15,16)(H,17,18). The van der Waals surface area contributed by atoms with E-state index in [9.17, 15) is 14.0 Å². The molecule has 5 nitrogen and oxygen atoms in total. The fourth-order valence-electron chi connectivity index (χ4n) is 1.92. The summed E-state index contributed by atoms with van der Waals surface area (Å²) < 4.78 is 13.1. The lowest BCUT2D eigenvalue weighted by Gasteiger charge is -2.12. The van der Waals surface area contributed by atoms with Crippen LogP contribution in [0.5, 0.6) is 0 Å². The van der Waals surface area contributed by atoms with Gasteiger partial charge in [0.05, 0.1) is 17.2 Å². The second kappa shape index (κ2) is 5.14. The van der Waals surface area contributed by atoms with E-state index in [1.54, 1.807) is 0 Å². The zero-order chi connectivity index (χ0) is 13.1. The summed E-state index contributed by atoms with van der Waals surface area (Å²) in [5.74, 6) is -2.27. The molecule has 96 valence electrons. The van der Waals surface area contributed by atoms with Crippen LogP contribution in [0.2, 0.25) is 0 Å². The first-order chi connectivity index (χ1) is 8.58. The molecule has 3 N–H and O–H groups in total. The molecule has 18 heavy (non-hydrogen) atoms. The van der Waals surface area contributed by atoms with E-state index in [0.29, 0.717) is 13.0 Å². The number of aromatic carboxylic acids is 1. The lowest BCUT2D eigenvalue weighted by atomic mass is 10.1. The lowest BCUT2D eigenvalue weighted by molar-refractivity contribution is -0.119. The predicted octanol–water partition coefficient (Wildman–Crippen LogP) is 1.07. The zero-order valence-corrected chi connectivity index (χ0v) is 9.57. The summed E-state index contributed by atoms with van der Waals surface area (Å²) in [5, 5.41) is 14.5. The number of carboxylic acid groups (broad SMARTS) is 1. The van der Waals surface area contributed by atoms with Crippen molar-refractivity contribution in [1.29, 1.82) is 0 Å². The molecule has 1 atom stereocenters. The van der Waals surface area contributed by atoms with E-state index >= 15 is 0 Å². The van der Waals surface area contributed by atoms with E-state index < -0.39 is 11.8 Å². The summed E-state index contributed by atoms with van der Waals surface area (Å²) >= 11 is 0. The third-order valence-electron chi connectivity index (χ3n) is 2.90.